The number of carbonyl (C=O) groups excluding carboxylic acids is 1. The Hall–Kier alpha value is -3.05. The van der Waals surface area contributed by atoms with Gasteiger partial charge in [0.25, 0.3) is 0 Å². The summed E-state index contributed by atoms with van der Waals surface area (Å²) in [5.74, 6) is 1.87. The number of aromatic hydroxyl groups is 1. The highest BCUT2D eigenvalue weighted by Gasteiger charge is 2.32. The van der Waals surface area contributed by atoms with Gasteiger partial charge in [0, 0.05) is 24.6 Å². The van der Waals surface area contributed by atoms with E-state index in [0.29, 0.717) is 35.1 Å². The number of ketones is 1. The van der Waals surface area contributed by atoms with E-state index in [2.05, 4.69) is 11.8 Å². The molecule has 5 nitrogen and oxygen atoms in total. The topological polar surface area (TPSA) is 62.9 Å². The SMILES string of the molecule is C[C@H]1CCCN(Cc2c(O)ccc3c2OC(=Cc2cc4ccccc4o2)C3=O)C1. The zero-order chi connectivity index (χ0) is 20.0. The van der Waals surface area contributed by atoms with Crippen LogP contribution >= 0.6 is 0 Å². The lowest BCUT2D eigenvalue weighted by Gasteiger charge is -2.31. The van der Waals surface area contributed by atoms with Crippen molar-refractivity contribution in [3.05, 3.63) is 65.1 Å². The summed E-state index contributed by atoms with van der Waals surface area (Å²) >= 11 is 0. The average molecular weight is 389 g/mol. The van der Waals surface area contributed by atoms with E-state index in [-0.39, 0.29) is 17.3 Å². The molecule has 2 aliphatic rings. The summed E-state index contributed by atoms with van der Waals surface area (Å²) < 4.78 is 11.8. The van der Waals surface area contributed by atoms with Crippen molar-refractivity contribution < 1.29 is 19.1 Å². The lowest BCUT2D eigenvalue weighted by Crippen LogP contribution is -2.33. The predicted molar refractivity (Wildman–Crippen MR) is 111 cm³/mol. The molecule has 1 fully saturated rings. The number of rotatable bonds is 3. The third-order valence-electron chi connectivity index (χ3n) is 5.76. The molecule has 3 aromatic rings. The number of Topliss-reactive ketones (excluding diaryl/α,β-unsaturated/α-hetero) is 1. The van der Waals surface area contributed by atoms with Crippen LogP contribution in [-0.4, -0.2) is 28.9 Å². The maximum absolute atomic E-state index is 12.9. The highest BCUT2D eigenvalue weighted by molar-refractivity contribution is 6.15. The van der Waals surface area contributed by atoms with Gasteiger partial charge in [0.15, 0.2) is 5.76 Å². The van der Waals surface area contributed by atoms with Gasteiger partial charge in [-0.2, -0.15) is 0 Å². The summed E-state index contributed by atoms with van der Waals surface area (Å²) in [5, 5.41) is 11.4. The molecule has 0 radical (unpaired) electrons. The second-order valence-corrected chi connectivity index (χ2v) is 8.05. The van der Waals surface area contributed by atoms with Gasteiger partial charge in [-0.1, -0.05) is 25.1 Å². The van der Waals surface area contributed by atoms with Gasteiger partial charge in [-0.05, 0) is 49.6 Å². The fourth-order valence-corrected chi connectivity index (χ4v) is 4.31. The molecule has 2 aromatic carbocycles. The molecule has 0 amide bonds. The summed E-state index contributed by atoms with van der Waals surface area (Å²) in [7, 11) is 0. The molecule has 0 spiro atoms. The van der Waals surface area contributed by atoms with Crippen LogP contribution in [0, 0.1) is 5.92 Å². The largest absolute Gasteiger partial charge is 0.507 e. The van der Waals surface area contributed by atoms with E-state index >= 15 is 0 Å². The van der Waals surface area contributed by atoms with E-state index < -0.39 is 0 Å². The second kappa shape index (κ2) is 7.08. The fourth-order valence-electron chi connectivity index (χ4n) is 4.31. The normalized spacial score (nSPS) is 20.9. The molecular weight excluding hydrogens is 366 g/mol. The average Bonchev–Trinajstić information content (AvgIpc) is 3.25. The standard InChI is InChI=1S/C24H23NO4/c1-15-5-4-10-25(13-15)14-19-20(26)9-8-18-23(27)22(29-24(18)19)12-17-11-16-6-2-3-7-21(16)28-17/h2-3,6-9,11-12,15,26H,4-5,10,13-14H2,1H3/t15-/m0/s1. The molecule has 5 rings (SSSR count). The molecule has 0 bridgehead atoms. The van der Waals surface area contributed by atoms with Crippen LogP contribution in [0.2, 0.25) is 0 Å². The molecule has 0 aliphatic carbocycles. The molecule has 2 aliphatic heterocycles. The summed E-state index contributed by atoms with van der Waals surface area (Å²) in [6.07, 6.45) is 4.01. The molecule has 0 unspecified atom stereocenters. The van der Waals surface area contributed by atoms with Crippen LogP contribution in [0.4, 0.5) is 0 Å². The molecule has 3 heterocycles. The maximum Gasteiger partial charge on any atom is 0.232 e. The number of benzene rings is 2. The van der Waals surface area contributed by atoms with Crippen LogP contribution < -0.4 is 4.74 Å². The smallest absolute Gasteiger partial charge is 0.232 e. The Morgan fingerprint density at radius 3 is 2.93 bits per heavy atom. The summed E-state index contributed by atoms with van der Waals surface area (Å²) in [5.41, 5.74) is 1.93. The number of para-hydroxylation sites is 1. The van der Waals surface area contributed by atoms with Crippen LogP contribution in [0.15, 0.2) is 52.6 Å². The van der Waals surface area contributed by atoms with E-state index in [1.807, 2.05) is 30.3 Å². The number of piperidine rings is 1. The first-order chi connectivity index (χ1) is 14.1. The van der Waals surface area contributed by atoms with Crippen molar-refractivity contribution in [1.29, 1.82) is 0 Å². The Kier molecular flexibility index (Phi) is 4.40. The van der Waals surface area contributed by atoms with Gasteiger partial charge in [0.1, 0.15) is 22.8 Å². The van der Waals surface area contributed by atoms with Crippen LogP contribution in [0.25, 0.3) is 17.0 Å². The number of furan rings is 1. The summed E-state index contributed by atoms with van der Waals surface area (Å²) in [4.78, 5) is 15.2. The first kappa shape index (κ1) is 18.0. The van der Waals surface area contributed by atoms with Gasteiger partial charge in [-0.25, -0.2) is 0 Å². The van der Waals surface area contributed by atoms with Gasteiger partial charge in [-0.3, -0.25) is 9.69 Å². The molecule has 5 heteroatoms. The van der Waals surface area contributed by atoms with Crippen LogP contribution in [0.5, 0.6) is 11.5 Å². The molecule has 0 saturated carbocycles. The lowest BCUT2D eigenvalue weighted by atomic mass is 9.99. The first-order valence-corrected chi connectivity index (χ1v) is 10.1. The number of nitrogens with zero attached hydrogens (tertiary/aromatic N) is 1. The van der Waals surface area contributed by atoms with Crippen molar-refractivity contribution in [3.63, 3.8) is 0 Å². The Labute approximate surface area is 169 Å². The summed E-state index contributed by atoms with van der Waals surface area (Å²) in [6, 6.07) is 12.8. The Balaban J connectivity index is 1.46. The van der Waals surface area contributed by atoms with Gasteiger partial charge in [-0.15, -0.1) is 0 Å². The number of hydrogen-bond donors (Lipinski definition) is 1. The zero-order valence-electron chi connectivity index (χ0n) is 16.4. The van der Waals surface area contributed by atoms with Crippen LogP contribution in [0.1, 0.15) is 41.4 Å². The monoisotopic (exact) mass is 389 g/mol. The quantitative estimate of drug-likeness (QED) is 0.640. The second-order valence-electron chi connectivity index (χ2n) is 8.05. The van der Waals surface area contributed by atoms with Crippen molar-refractivity contribution in [2.45, 2.75) is 26.3 Å². The summed E-state index contributed by atoms with van der Waals surface area (Å²) in [6.45, 7) is 4.79. The van der Waals surface area contributed by atoms with E-state index in [9.17, 15) is 9.90 Å². The number of phenolic OH excluding ortho intramolecular Hbond substituents is 1. The molecule has 1 atom stereocenters. The van der Waals surface area contributed by atoms with E-state index in [1.54, 1.807) is 18.2 Å². The number of phenols is 1. The predicted octanol–water partition coefficient (Wildman–Crippen LogP) is 4.99. The third kappa shape index (κ3) is 3.32. The fraction of sp³-hybridized carbons (Fsp3) is 0.292. The van der Waals surface area contributed by atoms with Crippen molar-refractivity contribution in [1.82, 2.24) is 4.90 Å². The molecule has 29 heavy (non-hydrogen) atoms. The van der Waals surface area contributed by atoms with Gasteiger partial charge in [0.05, 0.1) is 11.1 Å². The minimum absolute atomic E-state index is 0.166. The number of fused-ring (bicyclic) bond motifs is 2. The molecule has 1 N–H and O–H groups in total. The van der Waals surface area contributed by atoms with Gasteiger partial charge >= 0.3 is 0 Å². The minimum Gasteiger partial charge on any atom is -0.507 e. The lowest BCUT2D eigenvalue weighted by molar-refractivity contribution is 0.101. The van der Waals surface area contributed by atoms with Gasteiger partial charge < -0.3 is 14.3 Å². The van der Waals surface area contributed by atoms with Crippen molar-refractivity contribution in [3.8, 4) is 11.5 Å². The van der Waals surface area contributed by atoms with Crippen molar-refractivity contribution in [2.75, 3.05) is 13.1 Å². The van der Waals surface area contributed by atoms with E-state index in [1.165, 1.54) is 6.42 Å². The Morgan fingerprint density at radius 1 is 1.24 bits per heavy atom. The van der Waals surface area contributed by atoms with Crippen LogP contribution in [-0.2, 0) is 6.54 Å². The number of hydrogen-bond acceptors (Lipinski definition) is 5. The number of allylic oxidation sites excluding steroid dienone is 1. The highest BCUT2D eigenvalue weighted by atomic mass is 16.5. The highest BCUT2D eigenvalue weighted by Crippen LogP contribution is 2.40. The number of ether oxygens (including phenoxy) is 1. The Morgan fingerprint density at radius 2 is 2.10 bits per heavy atom. The molecule has 1 saturated heterocycles. The van der Waals surface area contributed by atoms with Crippen LogP contribution in [0.3, 0.4) is 0 Å². The van der Waals surface area contributed by atoms with E-state index in [4.69, 9.17) is 9.15 Å². The molecule has 1 aromatic heterocycles. The number of carbonyl (C=O) groups is 1. The molecule has 148 valence electrons. The van der Waals surface area contributed by atoms with Crippen molar-refractivity contribution in [2.24, 2.45) is 5.92 Å². The zero-order valence-corrected chi connectivity index (χ0v) is 16.4. The maximum atomic E-state index is 12.9. The van der Waals surface area contributed by atoms with Crippen molar-refractivity contribution >= 4 is 22.8 Å². The first-order valence-electron chi connectivity index (χ1n) is 10.1. The number of likely N-dealkylation sites (tertiary alicyclic amines) is 1. The van der Waals surface area contributed by atoms with Gasteiger partial charge in [0.2, 0.25) is 5.78 Å². The van der Waals surface area contributed by atoms with E-state index in [0.717, 1.165) is 30.5 Å². The third-order valence-corrected chi connectivity index (χ3v) is 5.76. The molecular formula is C24H23NO4. The Bertz CT molecular complexity index is 1090. The minimum atomic E-state index is -0.186.